The van der Waals surface area contributed by atoms with Gasteiger partial charge in [0.1, 0.15) is 5.82 Å². The van der Waals surface area contributed by atoms with Crippen molar-refractivity contribution in [3.05, 3.63) is 42.3 Å². The van der Waals surface area contributed by atoms with Gasteiger partial charge in [-0.25, -0.2) is 4.39 Å². The number of aromatic nitrogens is 1. The molecule has 18 heavy (non-hydrogen) atoms. The molecule has 0 aliphatic rings. The fourth-order valence-electron chi connectivity index (χ4n) is 2.13. The lowest BCUT2D eigenvalue weighted by Gasteiger charge is -2.09. The van der Waals surface area contributed by atoms with E-state index in [1.54, 1.807) is 30.5 Å². The van der Waals surface area contributed by atoms with Crippen LogP contribution in [0.1, 0.15) is 0 Å². The van der Waals surface area contributed by atoms with Crippen LogP contribution in [0, 0.1) is 5.82 Å². The molecule has 90 valence electrons. The number of phenolic OH excluding ortho intramolecular Hbond substituents is 1. The zero-order valence-electron chi connectivity index (χ0n) is 9.64. The van der Waals surface area contributed by atoms with Gasteiger partial charge in [-0.05, 0) is 29.7 Å². The second-order valence-electron chi connectivity index (χ2n) is 3.97. The molecule has 1 aromatic heterocycles. The van der Waals surface area contributed by atoms with Crippen LogP contribution in [-0.4, -0.2) is 17.2 Å². The number of benzene rings is 2. The van der Waals surface area contributed by atoms with Crippen LogP contribution in [0.15, 0.2) is 36.5 Å². The molecule has 0 saturated heterocycles. The lowest BCUT2D eigenvalue weighted by Crippen LogP contribution is -1.89. The highest BCUT2D eigenvalue weighted by Crippen LogP contribution is 2.38. The maximum atomic E-state index is 13.9. The Morgan fingerprint density at radius 3 is 2.89 bits per heavy atom. The molecule has 0 aliphatic carbocycles. The van der Waals surface area contributed by atoms with Crippen molar-refractivity contribution in [1.82, 2.24) is 4.98 Å². The monoisotopic (exact) mass is 243 g/mol. The summed E-state index contributed by atoms with van der Waals surface area (Å²) >= 11 is 0. The van der Waals surface area contributed by atoms with Crippen molar-refractivity contribution in [2.24, 2.45) is 0 Å². The average Bonchev–Trinajstić information content (AvgIpc) is 2.39. The van der Waals surface area contributed by atoms with Gasteiger partial charge < -0.3 is 9.84 Å². The van der Waals surface area contributed by atoms with Crippen LogP contribution in [0.2, 0.25) is 0 Å². The third-order valence-electron chi connectivity index (χ3n) is 2.98. The van der Waals surface area contributed by atoms with E-state index in [1.165, 1.54) is 13.2 Å². The number of aromatic hydroxyl groups is 1. The minimum Gasteiger partial charge on any atom is -0.504 e. The van der Waals surface area contributed by atoms with E-state index in [0.29, 0.717) is 27.4 Å². The normalized spacial score (nSPS) is 11.0. The number of hydrogen-bond acceptors (Lipinski definition) is 3. The van der Waals surface area contributed by atoms with Crippen LogP contribution in [-0.2, 0) is 0 Å². The van der Waals surface area contributed by atoms with Gasteiger partial charge in [-0.15, -0.1) is 0 Å². The zero-order valence-corrected chi connectivity index (χ0v) is 9.64. The molecule has 0 fully saturated rings. The molecule has 0 spiro atoms. The third-order valence-corrected chi connectivity index (χ3v) is 2.98. The molecule has 1 N–H and O–H groups in total. The van der Waals surface area contributed by atoms with E-state index in [2.05, 4.69) is 4.98 Å². The molecule has 0 unspecified atom stereocenters. The molecule has 4 heteroatoms. The number of rotatable bonds is 1. The number of ether oxygens (including phenoxy) is 1. The van der Waals surface area contributed by atoms with Gasteiger partial charge in [-0.3, -0.25) is 4.98 Å². The fraction of sp³-hybridized carbons (Fsp3) is 0.0714. The van der Waals surface area contributed by atoms with E-state index in [0.717, 1.165) is 0 Å². The van der Waals surface area contributed by atoms with Crippen LogP contribution in [0.25, 0.3) is 21.7 Å². The van der Waals surface area contributed by atoms with Crippen molar-refractivity contribution < 1.29 is 14.2 Å². The highest BCUT2D eigenvalue weighted by Gasteiger charge is 2.13. The first kappa shape index (κ1) is 10.8. The summed E-state index contributed by atoms with van der Waals surface area (Å²) in [4.78, 5) is 4.15. The Bertz CT molecular complexity index is 755. The zero-order chi connectivity index (χ0) is 12.7. The summed E-state index contributed by atoms with van der Waals surface area (Å²) in [5, 5.41) is 11.6. The van der Waals surface area contributed by atoms with E-state index in [9.17, 15) is 9.50 Å². The molecule has 0 radical (unpaired) electrons. The van der Waals surface area contributed by atoms with Gasteiger partial charge in [-0.1, -0.05) is 6.07 Å². The number of phenols is 1. The predicted molar refractivity (Wildman–Crippen MR) is 67.4 cm³/mol. The quantitative estimate of drug-likeness (QED) is 0.667. The number of halogens is 1. The summed E-state index contributed by atoms with van der Waals surface area (Å²) in [6.45, 7) is 0. The molecule has 0 aliphatic heterocycles. The molecule has 3 aromatic rings. The number of nitrogens with zero attached hydrogens (tertiary/aromatic N) is 1. The third kappa shape index (κ3) is 1.39. The van der Waals surface area contributed by atoms with Gasteiger partial charge in [0.2, 0.25) is 0 Å². The average molecular weight is 243 g/mol. The van der Waals surface area contributed by atoms with Crippen LogP contribution >= 0.6 is 0 Å². The molecule has 0 bridgehead atoms. The minimum absolute atomic E-state index is 0.0151. The highest BCUT2D eigenvalue weighted by molar-refractivity contribution is 6.09. The second kappa shape index (κ2) is 3.84. The molecule has 0 atom stereocenters. The molecule has 3 nitrogen and oxygen atoms in total. The molecular formula is C14H10FNO2. The first-order valence-electron chi connectivity index (χ1n) is 5.45. The Balaban J connectivity index is 2.58. The first-order chi connectivity index (χ1) is 8.72. The van der Waals surface area contributed by atoms with E-state index in [4.69, 9.17) is 4.74 Å². The summed E-state index contributed by atoms with van der Waals surface area (Å²) in [5.41, 5.74) is 0.434. The first-order valence-corrected chi connectivity index (χ1v) is 5.45. The minimum atomic E-state index is -0.352. The summed E-state index contributed by atoms with van der Waals surface area (Å²) in [6.07, 6.45) is 1.57. The molecular weight excluding hydrogens is 233 g/mol. The smallest absolute Gasteiger partial charge is 0.167 e. The number of pyridine rings is 1. The highest BCUT2D eigenvalue weighted by atomic mass is 19.1. The largest absolute Gasteiger partial charge is 0.504 e. The van der Waals surface area contributed by atoms with Crippen LogP contribution in [0.4, 0.5) is 4.39 Å². The second-order valence-corrected chi connectivity index (χ2v) is 3.97. The van der Waals surface area contributed by atoms with Gasteiger partial charge in [0.15, 0.2) is 11.5 Å². The number of fused-ring (bicyclic) bond motifs is 3. The molecule has 0 saturated carbocycles. The Morgan fingerprint density at radius 2 is 2.11 bits per heavy atom. The van der Waals surface area contributed by atoms with Crippen molar-refractivity contribution in [2.45, 2.75) is 0 Å². The molecule has 0 amide bonds. The van der Waals surface area contributed by atoms with Crippen molar-refractivity contribution in [2.75, 3.05) is 7.11 Å². The van der Waals surface area contributed by atoms with E-state index in [1.807, 2.05) is 0 Å². The summed E-state index contributed by atoms with van der Waals surface area (Å²) in [5.74, 6) is -0.0186. The van der Waals surface area contributed by atoms with Gasteiger partial charge in [-0.2, -0.15) is 0 Å². The summed E-state index contributed by atoms with van der Waals surface area (Å²) < 4.78 is 18.9. The van der Waals surface area contributed by atoms with E-state index >= 15 is 0 Å². The Hall–Kier alpha value is -2.36. The van der Waals surface area contributed by atoms with Crippen molar-refractivity contribution in [1.29, 1.82) is 0 Å². The van der Waals surface area contributed by atoms with Crippen LogP contribution in [0.3, 0.4) is 0 Å². The van der Waals surface area contributed by atoms with Crippen LogP contribution < -0.4 is 4.74 Å². The number of hydrogen-bond donors (Lipinski definition) is 1. The topological polar surface area (TPSA) is 42.4 Å². The summed E-state index contributed by atoms with van der Waals surface area (Å²) in [7, 11) is 1.47. The van der Waals surface area contributed by atoms with Crippen molar-refractivity contribution in [3.63, 3.8) is 0 Å². The van der Waals surface area contributed by atoms with E-state index < -0.39 is 0 Å². The molecule has 2 aromatic carbocycles. The standard InChI is InChI=1S/C14H10FNO2/c1-18-11-5-4-8-7-10(15)9-3-2-6-16-13(9)12(8)14(11)17/h2-7,17H,1H3. The maximum Gasteiger partial charge on any atom is 0.167 e. The Kier molecular flexibility index (Phi) is 2.30. The summed E-state index contributed by atoms with van der Waals surface area (Å²) in [6, 6.07) is 7.99. The van der Waals surface area contributed by atoms with Crippen molar-refractivity contribution in [3.8, 4) is 11.5 Å². The van der Waals surface area contributed by atoms with E-state index in [-0.39, 0.29) is 11.6 Å². The van der Waals surface area contributed by atoms with Gasteiger partial charge in [0.05, 0.1) is 18.0 Å². The van der Waals surface area contributed by atoms with Crippen molar-refractivity contribution >= 4 is 21.7 Å². The van der Waals surface area contributed by atoms with Gasteiger partial charge in [0.25, 0.3) is 0 Å². The van der Waals surface area contributed by atoms with Gasteiger partial charge in [0, 0.05) is 11.6 Å². The number of methoxy groups -OCH3 is 1. The lowest BCUT2D eigenvalue weighted by atomic mass is 10.0. The maximum absolute atomic E-state index is 13.9. The predicted octanol–water partition coefficient (Wildman–Crippen LogP) is 3.24. The Morgan fingerprint density at radius 1 is 1.28 bits per heavy atom. The van der Waals surface area contributed by atoms with Gasteiger partial charge >= 0.3 is 0 Å². The lowest BCUT2D eigenvalue weighted by molar-refractivity contribution is 0.376. The SMILES string of the molecule is COc1ccc2cc(F)c3cccnc3c2c1O. The molecule has 1 heterocycles. The fourth-order valence-corrected chi connectivity index (χ4v) is 2.13. The van der Waals surface area contributed by atoms with Crippen LogP contribution in [0.5, 0.6) is 11.5 Å². The Labute approximate surface area is 102 Å². The molecule has 3 rings (SSSR count).